The van der Waals surface area contributed by atoms with E-state index in [4.69, 9.17) is 0 Å². The summed E-state index contributed by atoms with van der Waals surface area (Å²) in [6.45, 7) is 6.51. The van der Waals surface area contributed by atoms with Crippen LogP contribution in [0, 0.1) is 11.6 Å². The Bertz CT molecular complexity index is 781. The minimum Gasteiger partial charge on any atom is -0.207 e. The lowest BCUT2D eigenvalue weighted by atomic mass is 9.87. The topological polar surface area (TPSA) is 0 Å². The van der Waals surface area contributed by atoms with E-state index in [0.717, 1.165) is 29.9 Å². The highest BCUT2D eigenvalue weighted by Gasteiger charge is 2.17. The van der Waals surface area contributed by atoms with Gasteiger partial charge in [-0.15, -0.1) is 0 Å². The van der Waals surface area contributed by atoms with Crippen LogP contribution >= 0.6 is 8.19 Å². The lowest BCUT2D eigenvalue weighted by molar-refractivity contribution is 0.591. The lowest BCUT2D eigenvalue weighted by Crippen LogP contribution is -2.10. The molecule has 0 aliphatic heterocycles. The highest BCUT2D eigenvalue weighted by molar-refractivity contribution is 7.37. The third-order valence-corrected chi connectivity index (χ3v) is 5.23. The Labute approximate surface area is 143 Å². The van der Waals surface area contributed by atoms with Crippen LogP contribution in [0.4, 0.5) is 8.78 Å². The number of benzene rings is 2. The number of halogens is 2. The predicted octanol–water partition coefficient (Wildman–Crippen LogP) is 7.18. The third kappa shape index (κ3) is 3.71. The molecule has 0 aliphatic rings. The van der Waals surface area contributed by atoms with Crippen molar-refractivity contribution in [3.05, 3.63) is 77.9 Å². The van der Waals surface area contributed by atoms with E-state index in [2.05, 4.69) is 32.9 Å². The first-order valence-electron chi connectivity index (χ1n) is 7.87. The number of hydrogen-bond acceptors (Lipinski definition) is 0. The minimum atomic E-state index is -0.235. The summed E-state index contributed by atoms with van der Waals surface area (Å²) < 4.78 is 26.5. The summed E-state index contributed by atoms with van der Waals surface area (Å²) in [5.41, 5.74) is 3.21. The van der Waals surface area contributed by atoms with E-state index in [9.17, 15) is 8.78 Å². The van der Waals surface area contributed by atoms with Gasteiger partial charge in [0.05, 0.1) is 0 Å². The van der Waals surface area contributed by atoms with Gasteiger partial charge in [0.2, 0.25) is 0 Å². The molecule has 0 amide bonds. The molecule has 0 bridgehead atoms. The van der Waals surface area contributed by atoms with Crippen LogP contribution in [0.3, 0.4) is 0 Å². The van der Waals surface area contributed by atoms with Gasteiger partial charge in [-0.05, 0) is 58.5 Å². The van der Waals surface area contributed by atoms with Crippen LogP contribution in [0.15, 0.2) is 60.7 Å². The van der Waals surface area contributed by atoms with Crippen LogP contribution in [-0.2, 0) is 5.41 Å². The zero-order valence-electron chi connectivity index (χ0n) is 14.0. The molecule has 0 unspecified atom stereocenters. The molecule has 0 saturated heterocycles. The van der Waals surface area contributed by atoms with Crippen molar-refractivity contribution in [1.29, 1.82) is 0 Å². The second-order valence-corrected chi connectivity index (χ2v) is 8.08. The minimum absolute atomic E-state index is 0.00744. The zero-order chi connectivity index (χ0) is 17.3. The summed E-state index contributed by atoms with van der Waals surface area (Å²) in [4.78, 5) is 0. The maximum atomic E-state index is 13.2. The standard InChI is InChI=1S/C21H19F2P/c1-21(2,3)16-12-19(14-4-8-17(22)9-5-14)24-20(13-16)15-6-10-18(23)11-7-15/h4-13H,1-3H3. The lowest BCUT2D eigenvalue weighted by Gasteiger charge is -2.21. The van der Waals surface area contributed by atoms with E-state index >= 15 is 0 Å². The SMILES string of the molecule is CC(C)(C)c1cc(-c2ccc(F)cc2)pc(-c2ccc(F)cc2)c1. The molecule has 3 aromatic rings. The molecule has 0 nitrogen and oxygen atoms in total. The first-order chi connectivity index (χ1) is 11.3. The van der Waals surface area contributed by atoms with Crippen molar-refractivity contribution in [2.24, 2.45) is 0 Å². The fourth-order valence-electron chi connectivity index (χ4n) is 2.50. The molecule has 0 saturated carbocycles. The first kappa shape index (κ1) is 16.8. The molecule has 3 heteroatoms. The smallest absolute Gasteiger partial charge is 0.123 e. The summed E-state index contributed by atoms with van der Waals surface area (Å²) in [7, 11) is 1.04. The van der Waals surface area contributed by atoms with Gasteiger partial charge in [0.1, 0.15) is 11.6 Å². The van der Waals surface area contributed by atoms with E-state index in [0.29, 0.717) is 0 Å². The summed E-state index contributed by atoms with van der Waals surface area (Å²) in [5.74, 6) is -0.470. The Morgan fingerprint density at radius 1 is 0.667 bits per heavy atom. The van der Waals surface area contributed by atoms with Crippen molar-refractivity contribution in [1.82, 2.24) is 0 Å². The van der Waals surface area contributed by atoms with Gasteiger partial charge < -0.3 is 0 Å². The maximum absolute atomic E-state index is 13.2. The highest BCUT2D eigenvalue weighted by Crippen LogP contribution is 2.40. The molecular weight excluding hydrogens is 321 g/mol. The average Bonchev–Trinajstić information content (AvgIpc) is 2.55. The molecule has 0 radical (unpaired) electrons. The quantitative estimate of drug-likeness (QED) is 0.463. The second-order valence-electron chi connectivity index (χ2n) is 6.89. The molecule has 0 N–H and O–H groups in total. The molecule has 0 aliphatic carbocycles. The average molecular weight is 340 g/mol. The molecule has 0 fully saturated rings. The first-order valence-corrected chi connectivity index (χ1v) is 8.77. The second kappa shape index (κ2) is 6.45. The summed E-state index contributed by atoms with van der Waals surface area (Å²) in [6, 6.07) is 17.5. The van der Waals surface area contributed by atoms with Gasteiger partial charge in [-0.3, -0.25) is 0 Å². The number of rotatable bonds is 2. The monoisotopic (exact) mass is 340 g/mol. The van der Waals surface area contributed by atoms with Crippen LogP contribution in [0.1, 0.15) is 26.3 Å². The summed E-state index contributed by atoms with van der Waals surface area (Å²) in [6.07, 6.45) is 0. The van der Waals surface area contributed by atoms with E-state index < -0.39 is 0 Å². The molecule has 24 heavy (non-hydrogen) atoms. The fourth-order valence-corrected chi connectivity index (χ4v) is 3.72. The van der Waals surface area contributed by atoms with Gasteiger partial charge in [-0.25, -0.2) is 8.78 Å². The van der Waals surface area contributed by atoms with E-state index in [1.165, 1.54) is 29.8 Å². The molecule has 3 rings (SSSR count). The van der Waals surface area contributed by atoms with Crippen molar-refractivity contribution in [2.45, 2.75) is 26.2 Å². The normalized spacial score (nSPS) is 11.5. The van der Waals surface area contributed by atoms with Crippen molar-refractivity contribution >= 4 is 8.19 Å². The van der Waals surface area contributed by atoms with Gasteiger partial charge in [0.25, 0.3) is 0 Å². The van der Waals surface area contributed by atoms with Crippen LogP contribution in [0.2, 0.25) is 0 Å². The van der Waals surface area contributed by atoms with Crippen molar-refractivity contribution in [2.75, 3.05) is 0 Å². The Hall–Kier alpha value is -2.05. The van der Waals surface area contributed by atoms with Crippen LogP contribution < -0.4 is 0 Å². The molecule has 1 heterocycles. The van der Waals surface area contributed by atoms with Gasteiger partial charge in [0.15, 0.2) is 0 Å². The van der Waals surface area contributed by atoms with Gasteiger partial charge in [-0.2, -0.15) is 0 Å². The molecule has 1 aromatic heterocycles. The van der Waals surface area contributed by atoms with Crippen molar-refractivity contribution in [3.8, 4) is 21.7 Å². The molecule has 0 atom stereocenters. The van der Waals surface area contributed by atoms with Gasteiger partial charge in [0, 0.05) is 10.6 Å². The van der Waals surface area contributed by atoms with Crippen molar-refractivity contribution < 1.29 is 8.78 Å². The van der Waals surface area contributed by atoms with Crippen LogP contribution in [0.25, 0.3) is 21.7 Å². The fraction of sp³-hybridized carbons (Fsp3) is 0.190. The van der Waals surface area contributed by atoms with E-state index in [1.54, 1.807) is 0 Å². The zero-order valence-corrected chi connectivity index (χ0v) is 14.9. The Morgan fingerprint density at radius 2 is 1.04 bits per heavy atom. The van der Waals surface area contributed by atoms with Crippen LogP contribution in [-0.4, -0.2) is 0 Å². The predicted molar refractivity (Wildman–Crippen MR) is 98.4 cm³/mol. The molecule has 0 spiro atoms. The Balaban J connectivity index is 2.17. The highest BCUT2D eigenvalue weighted by atomic mass is 31.0. The Morgan fingerprint density at radius 3 is 1.38 bits per heavy atom. The molecule has 2 aromatic carbocycles. The van der Waals surface area contributed by atoms with Gasteiger partial charge >= 0.3 is 0 Å². The van der Waals surface area contributed by atoms with Crippen LogP contribution in [0.5, 0.6) is 0 Å². The summed E-state index contributed by atoms with van der Waals surface area (Å²) >= 11 is 0. The molecular formula is C21H19F2P. The van der Waals surface area contributed by atoms with Gasteiger partial charge in [-0.1, -0.05) is 53.2 Å². The molecule has 122 valence electrons. The summed E-state index contributed by atoms with van der Waals surface area (Å²) in [5, 5.41) is 2.25. The number of hydrogen-bond donors (Lipinski definition) is 0. The third-order valence-electron chi connectivity index (χ3n) is 3.97. The van der Waals surface area contributed by atoms with E-state index in [-0.39, 0.29) is 17.0 Å². The Kier molecular flexibility index (Phi) is 4.51. The maximum Gasteiger partial charge on any atom is 0.123 e. The largest absolute Gasteiger partial charge is 0.207 e. The van der Waals surface area contributed by atoms with Crippen molar-refractivity contribution in [3.63, 3.8) is 0 Å². The van der Waals surface area contributed by atoms with E-state index in [1.807, 2.05) is 24.3 Å².